The number of aromatic nitrogens is 3. The zero-order valence-electron chi connectivity index (χ0n) is 12.1. The van der Waals surface area contributed by atoms with Gasteiger partial charge in [0.15, 0.2) is 11.5 Å². The molecule has 0 unspecified atom stereocenters. The van der Waals surface area contributed by atoms with Gasteiger partial charge in [0.25, 0.3) is 5.91 Å². The number of nitrogens with zero attached hydrogens (tertiary/aromatic N) is 3. The number of rotatable bonds is 4. The summed E-state index contributed by atoms with van der Waals surface area (Å²) < 4.78 is 14.3. The van der Waals surface area contributed by atoms with Gasteiger partial charge in [-0.2, -0.15) is 0 Å². The minimum absolute atomic E-state index is 0.0326. The maximum atomic E-state index is 12.9. The Morgan fingerprint density at radius 1 is 1.13 bits per heavy atom. The summed E-state index contributed by atoms with van der Waals surface area (Å²) in [5.41, 5.74) is 7.43. The Kier molecular flexibility index (Phi) is 4.01. The fraction of sp³-hybridized carbons (Fsp3) is 0.0625. The predicted octanol–water partition coefficient (Wildman–Crippen LogP) is 2.30. The van der Waals surface area contributed by atoms with Crippen molar-refractivity contribution in [2.75, 3.05) is 11.1 Å². The lowest BCUT2D eigenvalue weighted by Gasteiger charge is -2.05. The summed E-state index contributed by atoms with van der Waals surface area (Å²) in [6.07, 6.45) is 0. The monoisotopic (exact) mass is 311 g/mol. The molecule has 0 aliphatic rings. The van der Waals surface area contributed by atoms with E-state index in [4.69, 9.17) is 5.73 Å². The third kappa shape index (κ3) is 3.34. The van der Waals surface area contributed by atoms with Gasteiger partial charge in [0, 0.05) is 5.69 Å². The maximum Gasteiger partial charge on any atom is 0.280 e. The van der Waals surface area contributed by atoms with Gasteiger partial charge < -0.3 is 11.1 Å². The van der Waals surface area contributed by atoms with Crippen LogP contribution in [0.5, 0.6) is 0 Å². The van der Waals surface area contributed by atoms with Crippen LogP contribution in [0.25, 0.3) is 0 Å². The van der Waals surface area contributed by atoms with Crippen LogP contribution in [0.1, 0.15) is 16.1 Å². The lowest BCUT2D eigenvalue weighted by Crippen LogP contribution is -2.15. The van der Waals surface area contributed by atoms with Gasteiger partial charge in [-0.15, -0.1) is 5.10 Å². The van der Waals surface area contributed by atoms with E-state index in [0.717, 1.165) is 5.56 Å². The number of hydrogen-bond donors (Lipinski definition) is 2. The van der Waals surface area contributed by atoms with E-state index in [-0.39, 0.29) is 17.3 Å². The zero-order valence-corrected chi connectivity index (χ0v) is 12.1. The smallest absolute Gasteiger partial charge is 0.280 e. The van der Waals surface area contributed by atoms with Gasteiger partial charge in [-0.3, -0.25) is 4.79 Å². The van der Waals surface area contributed by atoms with Crippen molar-refractivity contribution in [2.45, 2.75) is 6.54 Å². The highest BCUT2D eigenvalue weighted by molar-refractivity contribution is 6.05. The molecule has 0 atom stereocenters. The summed E-state index contributed by atoms with van der Waals surface area (Å²) in [7, 11) is 0. The molecule has 7 heteroatoms. The van der Waals surface area contributed by atoms with E-state index in [0.29, 0.717) is 12.2 Å². The average Bonchev–Trinajstić information content (AvgIpc) is 2.92. The van der Waals surface area contributed by atoms with E-state index in [9.17, 15) is 9.18 Å². The van der Waals surface area contributed by atoms with Gasteiger partial charge >= 0.3 is 0 Å². The van der Waals surface area contributed by atoms with Crippen molar-refractivity contribution in [2.24, 2.45) is 0 Å². The van der Waals surface area contributed by atoms with Crippen LogP contribution in [0, 0.1) is 5.82 Å². The molecule has 3 aromatic rings. The van der Waals surface area contributed by atoms with Gasteiger partial charge in [0.05, 0.1) is 6.54 Å². The summed E-state index contributed by atoms with van der Waals surface area (Å²) in [5, 5.41) is 10.3. The van der Waals surface area contributed by atoms with Crippen molar-refractivity contribution in [3.8, 4) is 0 Å². The molecule has 1 aromatic heterocycles. The van der Waals surface area contributed by atoms with E-state index in [2.05, 4.69) is 15.6 Å². The molecule has 0 aliphatic carbocycles. The predicted molar refractivity (Wildman–Crippen MR) is 84.3 cm³/mol. The Hall–Kier alpha value is -3.22. The third-order valence-corrected chi connectivity index (χ3v) is 3.27. The number of carbonyl (C=O) groups excluding carboxylic acids is 1. The minimum Gasteiger partial charge on any atom is -0.382 e. The van der Waals surface area contributed by atoms with Crippen LogP contribution in [-0.2, 0) is 6.54 Å². The Labute approximate surface area is 131 Å². The Balaban J connectivity index is 1.75. The fourth-order valence-electron chi connectivity index (χ4n) is 2.08. The number of anilines is 2. The van der Waals surface area contributed by atoms with Crippen molar-refractivity contribution in [1.82, 2.24) is 15.0 Å². The lowest BCUT2D eigenvalue weighted by molar-refractivity contribution is 0.102. The maximum absolute atomic E-state index is 12.9. The molecule has 23 heavy (non-hydrogen) atoms. The first kappa shape index (κ1) is 14.7. The number of hydrogen-bond acceptors (Lipinski definition) is 4. The molecular formula is C16H14FN5O. The van der Waals surface area contributed by atoms with Crippen molar-refractivity contribution >= 4 is 17.4 Å². The van der Waals surface area contributed by atoms with Crippen LogP contribution < -0.4 is 11.1 Å². The van der Waals surface area contributed by atoms with E-state index < -0.39 is 5.91 Å². The summed E-state index contributed by atoms with van der Waals surface area (Å²) in [5.74, 6) is -0.696. The molecule has 116 valence electrons. The summed E-state index contributed by atoms with van der Waals surface area (Å²) in [4.78, 5) is 12.2. The van der Waals surface area contributed by atoms with E-state index >= 15 is 0 Å². The number of halogens is 1. The van der Waals surface area contributed by atoms with Crippen LogP contribution in [0.4, 0.5) is 15.9 Å². The highest BCUT2D eigenvalue weighted by Gasteiger charge is 2.17. The molecular weight excluding hydrogens is 297 g/mol. The molecule has 0 radical (unpaired) electrons. The van der Waals surface area contributed by atoms with Gasteiger partial charge in [0.1, 0.15) is 5.82 Å². The van der Waals surface area contributed by atoms with Gasteiger partial charge in [-0.05, 0) is 29.8 Å². The molecule has 3 rings (SSSR count). The molecule has 0 spiro atoms. The lowest BCUT2D eigenvalue weighted by atomic mass is 10.2. The molecule has 6 nitrogen and oxygen atoms in total. The normalized spacial score (nSPS) is 10.5. The largest absolute Gasteiger partial charge is 0.382 e. The zero-order chi connectivity index (χ0) is 16.2. The number of benzene rings is 2. The first-order valence-corrected chi connectivity index (χ1v) is 6.93. The van der Waals surface area contributed by atoms with E-state index in [1.165, 1.54) is 28.9 Å². The molecule has 0 saturated carbocycles. The molecule has 2 aromatic carbocycles. The number of nitrogen functional groups attached to an aromatic ring is 1. The van der Waals surface area contributed by atoms with Crippen LogP contribution >= 0.6 is 0 Å². The van der Waals surface area contributed by atoms with Crippen LogP contribution in [0.15, 0.2) is 54.6 Å². The van der Waals surface area contributed by atoms with Crippen molar-refractivity contribution in [1.29, 1.82) is 0 Å². The molecule has 0 fully saturated rings. The summed E-state index contributed by atoms with van der Waals surface area (Å²) >= 11 is 0. The molecule has 1 amide bonds. The standard InChI is InChI=1S/C16H14FN5O/c17-12-6-8-13(9-7-12)19-16(23)14-15(18)22(21-20-14)10-11-4-2-1-3-5-11/h1-9H,10,18H2,(H,19,23). The van der Waals surface area contributed by atoms with Gasteiger partial charge in [-0.25, -0.2) is 9.07 Å². The Morgan fingerprint density at radius 2 is 1.83 bits per heavy atom. The average molecular weight is 311 g/mol. The molecule has 3 N–H and O–H groups in total. The molecule has 1 heterocycles. The minimum atomic E-state index is -0.492. The van der Waals surface area contributed by atoms with Crippen molar-refractivity contribution in [3.05, 3.63) is 71.7 Å². The third-order valence-electron chi connectivity index (χ3n) is 3.27. The van der Waals surface area contributed by atoms with Crippen LogP contribution in [0.3, 0.4) is 0 Å². The van der Waals surface area contributed by atoms with Crippen LogP contribution in [-0.4, -0.2) is 20.9 Å². The van der Waals surface area contributed by atoms with E-state index in [1.807, 2.05) is 30.3 Å². The Morgan fingerprint density at radius 3 is 2.52 bits per heavy atom. The second-order valence-electron chi connectivity index (χ2n) is 4.93. The molecule has 0 bridgehead atoms. The Bertz CT molecular complexity index is 814. The number of amides is 1. The number of nitrogens with one attached hydrogen (secondary N) is 1. The second kappa shape index (κ2) is 6.27. The topological polar surface area (TPSA) is 85.8 Å². The molecule has 0 aliphatic heterocycles. The van der Waals surface area contributed by atoms with Gasteiger partial charge in [-0.1, -0.05) is 35.5 Å². The summed E-state index contributed by atoms with van der Waals surface area (Å²) in [6, 6.07) is 15.0. The highest BCUT2D eigenvalue weighted by atomic mass is 19.1. The number of nitrogens with two attached hydrogens (primary N) is 1. The SMILES string of the molecule is Nc1c(C(=O)Nc2ccc(F)cc2)nnn1Cc1ccccc1. The van der Waals surface area contributed by atoms with Crippen molar-refractivity contribution < 1.29 is 9.18 Å². The first-order chi connectivity index (χ1) is 11.1. The highest BCUT2D eigenvalue weighted by Crippen LogP contribution is 2.14. The number of carbonyl (C=O) groups is 1. The summed E-state index contributed by atoms with van der Waals surface area (Å²) in [6.45, 7) is 0.420. The van der Waals surface area contributed by atoms with Crippen LogP contribution in [0.2, 0.25) is 0 Å². The fourth-order valence-corrected chi connectivity index (χ4v) is 2.08. The quantitative estimate of drug-likeness (QED) is 0.774. The molecule has 0 saturated heterocycles. The van der Waals surface area contributed by atoms with Crippen molar-refractivity contribution in [3.63, 3.8) is 0 Å². The second-order valence-corrected chi connectivity index (χ2v) is 4.93. The van der Waals surface area contributed by atoms with E-state index in [1.54, 1.807) is 0 Å². The van der Waals surface area contributed by atoms with Gasteiger partial charge in [0.2, 0.25) is 0 Å². The first-order valence-electron chi connectivity index (χ1n) is 6.93.